The number of hydrogen-bond donors (Lipinski definition) is 0. The maximum Gasteiger partial charge on any atom is 0.281 e. The van der Waals surface area contributed by atoms with Crippen molar-refractivity contribution in [1.82, 2.24) is 9.78 Å². The maximum absolute atomic E-state index is 13.5. The molecule has 5 heteroatoms. The van der Waals surface area contributed by atoms with Crippen molar-refractivity contribution in [2.75, 3.05) is 0 Å². The summed E-state index contributed by atoms with van der Waals surface area (Å²) in [5.74, 6) is -1.09. The second-order valence-electron chi connectivity index (χ2n) is 3.68. The van der Waals surface area contributed by atoms with Crippen LogP contribution in [0.15, 0.2) is 24.3 Å². The molecule has 0 aliphatic rings. The van der Waals surface area contributed by atoms with E-state index in [2.05, 4.69) is 5.10 Å². The molecule has 1 heterocycles. The van der Waals surface area contributed by atoms with Gasteiger partial charge in [0.1, 0.15) is 5.82 Å². The van der Waals surface area contributed by atoms with Gasteiger partial charge >= 0.3 is 0 Å². The zero-order valence-corrected chi connectivity index (χ0v) is 10.1. The topological polar surface area (TPSA) is 34.9 Å². The zero-order chi connectivity index (χ0) is 12.6. The number of hydrogen-bond acceptors (Lipinski definition) is 2. The Kier molecular flexibility index (Phi) is 2.98. The molecule has 0 saturated carbocycles. The largest absolute Gasteiger partial charge is 0.281 e. The Morgan fingerprint density at radius 1 is 1.35 bits per heavy atom. The van der Waals surface area contributed by atoms with Gasteiger partial charge in [-0.25, -0.2) is 4.39 Å². The molecular weight excluding hydrogens is 243 g/mol. The molecule has 0 saturated heterocycles. The number of nitrogens with zero attached hydrogens (tertiary/aromatic N) is 2. The molecule has 0 unspecified atom stereocenters. The molecule has 0 atom stereocenters. The van der Waals surface area contributed by atoms with E-state index < -0.39 is 11.7 Å². The van der Waals surface area contributed by atoms with Crippen LogP contribution < -0.4 is 0 Å². The van der Waals surface area contributed by atoms with Crippen molar-refractivity contribution >= 4 is 17.5 Å². The van der Waals surface area contributed by atoms with Gasteiger partial charge in [0, 0.05) is 0 Å². The first kappa shape index (κ1) is 11.8. The second-order valence-corrected chi connectivity index (χ2v) is 4.06. The van der Waals surface area contributed by atoms with Crippen LogP contribution in [0.3, 0.4) is 0 Å². The number of halogens is 2. The summed E-state index contributed by atoms with van der Waals surface area (Å²) in [7, 11) is 0. The highest BCUT2D eigenvalue weighted by Crippen LogP contribution is 2.20. The molecule has 3 nitrogen and oxygen atoms in total. The summed E-state index contributed by atoms with van der Waals surface area (Å²) in [5.41, 5.74) is 1.04. The minimum Gasteiger partial charge on any atom is -0.267 e. The minimum atomic E-state index is -0.568. The second kappa shape index (κ2) is 4.30. The summed E-state index contributed by atoms with van der Waals surface area (Å²) in [6, 6.07) is 5.78. The van der Waals surface area contributed by atoms with Gasteiger partial charge < -0.3 is 0 Å². The first-order valence-corrected chi connectivity index (χ1v) is 5.41. The summed E-state index contributed by atoms with van der Waals surface area (Å²) in [5, 5.41) is 4.42. The van der Waals surface area contributed by atoms with Gasteiger partial charge in [-0.1, -0.05) is 23.7 Å². The summed E-state index contributed by atoms with van der Waals surface area (Å²) in [6.45, 7) is 3.36. The van der Waals surface area contributed by atoms with Crippen LogP contribution in [0.1, 0.15) is 21.7 Å². The van der Waals surface area contributed by atoms with Crippen molar-refractivity contribution in [3.63, 3.8) is 0 Å². The van der Waals surface area contributed by atoms with Gasteiger partial charge in [0.25, 0.3) is 5.91 Å². The highest BCUT2D eigenvalue weighted by atomic mass is 35.5. The number of benzene rings is 1. The molecule has 0 amide bonds. The van der Waals surface area contributed by atoms with Crippen molar-refractivity contribution in [1.29, 1.82) is 0 Å². The lowest BCUT2D eigenvalue weighted by atomic mass is 10.2. The molecule has 0 radical (unpaired) electrons. The Morgan fingerprint density at radius 3 is 2.53 bits per heavy atom. The third-order valence-corrected chi connectivity index (χ3v) is 3.05. The van der Waals surface area contributed by atoms with Crippen LogP contribution in [0.5, 0.6) is 0 Å². The van der Waals surface area contributed by atoms with Crippen LogP contribution in [0.25, 0.3) is 0 Å². The Bertz CT molecular complexity index is 592. The van der Waals surface area contributed by atoms with E-state index >= 15 is 0 Å². The number of rotatable bonds is 1. The predicted molar refractivity (Wildman–Crippen MR) is 62.8 cm³/mol. The van der Waals surface area contributed by atoms with E-state index in [0.717, 1.165) is 4.68 Å². The number of carbonyl (C=O) groups is 1. The van der Waals surface area contributed by atoms with Crippen molar-refractivity contribution in [2.24, 2.45) is 0 Å². The highest BCUT2D eigenvalue weighted by molar-refractivity contribution is 6.32. The van der Waals surface area contributed by atoms with Crippen molar-refractivity contribution in [3.8, 4) is 0 Å². The third-order valence-electron chi connectivity index (χ3n) is 2.50. The summed E-state index contributed by atoms with van der Waals surface area (Å²) in [4.78, 5) is 12.1. The Balaban J connectivity index is 2.52. The molecule has 0 aliphatic heterocycles. The molecule has 1 aromatic heterocycles. The average Bonchev–Trinajstić information content (AvgIpc) is 2.57. The highest BCUT2D eigenvalue weighted by Gasteiger charge is 2.18. The van der Waals surface area contributed by atoms with Crippen LogP contribution in [0.2, 0.25) is 5.02 Å². The van der Waals surface area contributed by atoms with Gasteiger partial charge in [-0.15, -0.1) is 0 Å². The lowest BCUT2D eigenvalue weighted by Crippen LogP contribution is -2.16. The molecular formula is C12H10ClFN2O. The van der Waals surface area contributed by atoms with Crippen LogP contribution in [0, 0.1) is 19.7 Å². The van der Waals surface area contributed by atoms with Gasteiger partial charge in [-0.3, -0.25) is 4.79 Å². The van der Waals surface area contributed by atoms with Gasteiger partial charge in [-0.2, -0.15) is 9.78 Å². The first-order valence-electron chi connectivity index (χ1n) is 5.03. The fourth-order valence-corrected chi connectivity index (χ4v) is 1.69. The Morgan fingerprint density at radius 2 is 2.00 bits per heavy atom. The van der Waals surface area contributed by atoms with E-state index in [1.165, 1.54) is 18.2 Å². The Hall–Kier alpha value is -1.68. The fourth-order valence-electron chi connectivity index (χ4n) is 1.57. The van der Waals surface area contributed by atoms with E-state index in [0.29, 0.717) is 16.4 Å². The molecule has 17 heavy (non-hydrogen) atoms. The Labute approximate surface area is 103 Å². The predicted octanol–water partition coefficient (Wildman–Crippen LogP) is 2.98. The van der Waals surface area contributed by atoms with E-state index in [1.807, 2.05) is 0 Å². The van der Waals surface area contributed by atoms with Crippen LogP contribution in [-0.4, -0.2) is 15.7 Å². The fraction of sp³-hybridized carbons (Fsp3) is 0.167. The first-order chi connectivity index (χ1) is 8.02. The summed E-state index contributed by atoms with van der Waals surface area (Å²) in [6.07, 6.45) is 0. The standard InChI is InChI=1S/C12H10ClFN2O/c1-7-11(13)8(2)16(15-7)12(17)9-5-3-4-6-10(9)14/h3-6H,1-2H3. The lowest BCUT2D eigenvalue weighted by Gasteiger charge is -2.03. The smallest absolute Gasteiger partial charge is 0.267 e. The van der Waals surface area contributed by atoms with E-state index in [1.54, 1.807) is 19.9 Å². The quantitative estimate of drug-likeness (QED) is 0.782. The number of aromatic nitrogens is 2. The van der Waals surface area contributed by atoms with Gasteiger partial charge in [0.15, 0.2) is 0 Å². The zero-order valence-electron chi connectivity index (χ0n) is 9.37. The SMILES string of the molecule is Cc1nn(C(=O)c2ccccc2F)c(C)c1Cl. The molecule has 0 N–H and O–H groups in total. The normalized spacial score (nSPS) is 10.6. The molecule has 1 aromatic carbocycles. The van der Waals surface area contributed by atoms with Crippen LogP contribution in [-0.2, 0) is 0 Å². The van der Waals surface area contributed by atoms with Crippen molar-refractivity contribution < 1.29 is 9.18 Å². The van der Waals surface area contributed by atoms with Crippen molar-refractivity contribution in [2.45, 2.75) is 13.8 Å². The van der Waals surface area contributed by atoms with Crippen LogP contribution >= 0.6 is 11.6 Å². The summed E-state index contributed by atoms with van der Waals surface area (Å²) >= 11 is 5.94. The molecule has 88 valence electrons. The lowest BCUT2D eigenvalue weighted by molar-refractivity contribution is 0.0938. The molecule has 0 fully saturated rings. The van der Waals surface area contributed by atoms with Crippen LogP contribution in [0.4, 0.5) is 4.39 Å². The molecule has 0 aliphatic carbocycles. The van der Waals surface area contributed by atoms with Gasteiger partial charge in [-0.05, 0) is 26.0 Å². The van der Waals surface area contributed by atoms with E-state index in [9.17, 15) is 9.18 Å². The molecule has 2 rings (SSSR count). The molecule has 0 spiro atoms. The number of aryl methyl sites for hydroxylation is 1. The molecule has 2 aromatic rings. The average molecular weight is 253 g/mol. The monoisotopic (exact) mass is 252 g/mol. The van der Waals surface area contributed by atoms with E-state index in [4.69, 9.17) is 11.6 Å². The molecule has 0 bridgehead atoms. The third kappa shape index (κ3) is 1.96. The van der Waals surface area contributed by atoms with Gasteiger partial charge in [0.2, 0.25) is 0 Å². The number of carbonyl (C=O) groups excluding carboxylic acids is 1. The van der Waals surface area contributed by atoms with E-state index in [-0.39, 0.29) is 5.56 Å². The van der Waals surface area contributed by atoms with Gasteiger partial charge in [0.05, 0.1) is 22.0 Å². The summed E-state index contributed by atoms with van der Waals surface area (Å²) < 4.78 is 14.6. The maximum atomic E-state index is 13.5. The minimum absolute atomic E-state index is 0.0187. The van der Waals surface area contributed by atoms with Crippen molar-refractivity contribution in [3.05, 3.63) is 52.1 Å².